The molecule has 0 spiro atoms. The second kappa shape index (κ2) is 4.84. The van der Waals surface area contributed by atoms with Gasteiger partial charge in [0.15, 0.2) is 0 Å². The normalized spacial score (nSPS) is 25.4. The Kier molecular flexibility index (Phi) is 3.46. The Morgan fingerprint density at radius 2 is 2.00 bits per heavy atom. The van der Waals surface area contributed by atoms with Crippen molar-refractivity contribution in [1.29, 1.82) is 0 Å². The zero-order chi connectivity index (χ0) is 10.7. The van der Waals surface area contributed by atoms with E-state index in [2.05, 4.69) is 17.1 Å². The van der Waals surface area contributed by atoms with Crippen LogP contribution in [0.2, 0.25) is 0 Å². The van der Waals surface area contributed by atoms with Gasteiger partial charge in [-0.15, -0.1) is 0 Å². The number of carbonyl (C=O) groups is 1. The van der Waals surface area contributed by atoms with Crippen LogP contribution in [0.4, 0.5) is 4.79 Å². The fraction of sp³-hybridized carbons (Fsp3) is 0.909. The Morgan fingerprint density at radius 1 is 1.27 bits per heavy atom. The van der Waals surface area contributed by atoms with Crippen LogP contribution in [0.5, 0.6) is 0 Å². The molecule has 1 N–H and O–H groups in total. The monoisotopic (exact) mass is 211 g/mol. The second-order valence-electron chi connectivity index (χ2n) is 4.64. The van der Waals surface area contributed by atoms with Gasteiger partial charge in [0, 0.05) is 25.7 Å². The maximum Gasteiger partial charge on any atom is 0.317 e. The van der Waals surface area contributed by atoms with Crippen molar-refractivity contribution in [3.8, 4) is 0 Å². The van der Waals surface area contributed by atoms with Crippen molar-refractivity contribution in [3.63, 3.8) is 0 Å². The first-order chi connectivity index (χ1) is 7.27. The zero-order valence-electron chi connectivity index (χ0n) is 9.54. The lowest BCUT2D eigenvalue weighted by atomic mass is 10.1. The van der Waals surface area contributed by atoms with Crippen LogP contribution < -0.4 is 5.32 Å². The summed E-state index contributed by atoms with van der Waals surface area (Å²) in [5.41, 5.74) is 0. The molecule has 2 aliphatic heterocycles. The van der Waals surface area contributed by atoms with Crippen LogP contribution in [-0.4, -0.2) is 54.6 Å². The van der Waals surface area contributed by atoms with Gasteiger partial charge >= 0.3 is 6.03 Å². The molecule has 2 heterocycles. The van der Waals surface area contributed by atoms with Crippen LogP contribution in [0.3, 0.4) is 0 Å². The summed E-state index contributed by atoms with van der Waals surface area (Å²) < 4.78 is 0. The predicted octanol–water partition coefficient (Wildman–Crippen LogP) is 0.886. The molecule has 0 aromatic carbocycles. The number of likely N-dealkylation sites (tertiary alicyclic amines) is 1. The van der Waals surface area contributed by atoms with Gasteiger partial charge in [-0.05, 0) is 32.9 Å². The van der Waals surface area contributed by atoms with Crippen LogP contribution in [-0.2, 0) is 0 Å². The molecule has 15 heavy (non-hydrogen) atoms. The van der Waals surface area contributed by atoms with Crippen molar-refractivity contribution in [3.05, 3.63) is 0 Å². The van der Waals surface area contributed by atoms with E-state index in [1.165, 1.54) is 32.4 Å². The molecule has 0 aliphatic carbocycles. The number of carbonyl (C=O) groups excluding carboxylic acids is 1. The van der Waals surface area contributed by atoms with E-state index in [1.54, 1.807) is 0 Å². The summed E-state index contributed by atoms with van der Waals surface area (Å²) >= 11 is 0. The molecule has 4 heteroatoms. The maximum atomic E-state index is 11.5. The SMILES string of the molecule is CC(CN1CCCCC1)N1CCNC1=O. The molecule has 2 aliphatic rings. The highest BCUT2D eigenvalue weighted by atomic mass is 16.2. The Labute approximate surface area is 91.6 Å². The molecule has 2 rings (SSSR count). The Morgan fingerprint density at radius 3 is 2.60 bits per heavy atom. The zero-order valence-corrected chi connectivity index (χ0v) is 9.54. The molecular formula is C11H21N3O. The number of amides is 2. The number of urea groups is 1. The number of nitrogens with zero attached hydrogens (tertiary/aromatic N) is 2. The topological polar surface area (TPSA) is 35.6 Å². The summed E-state index contributed by atoms with van der Waals surface area (Å²) in [5, 5.41) is 2.86. The molecule has 2 saturated heterocycles. The minimum atomic E-state index is 0.111. The number of rotatable bonds is 3. The molecule has 0 radical (unpaired) electrons. The van der Waals surface area contributed by atoms with E-state index in [1.807, 2.05) is 4.90 Å². The Bertz CT molecular complexity index is 226. The van der Waals surface area contributed by atoms with Crippen molar-refractivity contribution < 1.29 is 4.79 Å². The highest BCUT2D eigenvalue weighted by molar-refractivity contribution is 5.76. The lowest BCUT2D eigenvalue weighted by Gasteiger charge is -2.32. The number of piperidine rings is 1. The van der Waals surface area contributed by atoms with E-state index in [0.717, 1.165) is 19.6 Å². The van der Waals surface area contributed by atoms with E-state index in [-0.39, 0.29) is 6.03 Å². The largest absolute Gasteiger partial charge is 0.336 e. The van der Waals surface area contributed by atoms with Gasteiger partial charge < -0.3 is 15.1 Å². The first-order valence-corrected chi connectivity index (χ1v) is 6.04. The van der Waals surface area contributed by atoms with Crippen LogP contribution >= 0.6 is 0 Å². The fourth-order valence-electron chi connectivity index (χ4n) is 2.52. The molecule has 2 amide bonds. The molecule has 0 saturated carbocycles. The van der Waals surface area contributed by atoms with Crippen LogP contribution in [0.15, 0.2) is 0 Å². The van der Waals surface area contributed by atoms with E-state index in [4.69, 9.17) is 0 Å². The molecule has 1 unspecified atom stereocenters. The van der Waals surface area contributed by atoms with Crippen LogP contribution in [0, 0.1) is 0 Å². The summed E-state index contributed by atoms with van der Waals surface area (Å²) in [6.07, 6.45) is 4.01. The van der Waals surface area contributed by atoms with Crippen molar-refractivity contribution >= 4 is 6.03 Å². The molecule has 0 aromatic heterocycles. The molecular weight excluding hydrogens is 190 g/mol. The molecule has 86 valence electrons. The highest BCUT2D eigenvalue weighted by Gasteiger charge is 2.26. The molecule has 0 bridgehead atoms. The van der Waals surface area contributed by atoms with Crippen molar-refractivity contribution in [2.75, 3.05) is 32.7 Å². The van der Waals surface area contributed by atoms with E-state index >= 15 is 0 Å². The van der Waals surface area contributed by atoms with E-state index in [0.29, 0.717) is 6.04 Å². The minimum absolute atomic E-state index is 0.111. The summed E-state index contributed by atoms with van der Waals surface area (Å²) in [4.78, 5) is 15.9. The van der Waals surface area contributed by atoms with Gasteiger partial charge in [0.25, 0.3) is 0 Å². The average molecular weight is 211 g/mol. The van der Waals surface area contributed by atoms with Crippen molar-refractivity contribution in [2.45, 2.75) is 32.2 Å². The third-order valence-electron chi connectivity index (χ3n) is 3.39. The van der Waals surface area contributed by atoms with Gasteiger partial charge in [0.1, 0.15) is 0 Å². The van der Waals surface area contributed by atoms with Gasteiger partial charge in [-0.25, -0.2) is 4.79 Å². The molecule has 0 aromatic rings. The average Bonchev–Trinajstić information content (AvgIpc) is 2.66. The molecule has 4 nitrogen and oxygen atoms in total. The van der Waals surface area contributed by atoms with E-state index in [9.17, 15) is 4.79 Å². The lowest BCUT2D eigenvalue weighted by Crippen LogP contribution is -2.45. The van der Waals surface area contributed by atoms with Gasteiger partial charge in [-0.1, -0.05) is 6.42 Å². The third-order valence-corrected chi connectivity index (χ3v) is 3.39. The fourth-order valence-corrected chi connectivity index (χ4v) is 2.52. The third kappa shape index (κ3) is 2.62. The van der Waals surface area contributed by atoms with Crippen molar-refractivity contribution in [1.82, 2.24) is 15.1 Å². The minimum Gasteiger partial charge on any atom is -0.336 e. The second-order valence-corrected chi connectivity index (χ2v) is 4.64. The van der Waals surface area contributed by atoms with Gasteiger partial charge in [0.2, 0.25) is 0 Å². The number of hydrogen-bond acceptors (Lipinski definition) is 2. The van der Waals surface area contributed by atoms with Gasteiger partial charge in [0.05, 0.1) is 0 Å². The summed E-state index contributed by atoms with van der Waals surface area (Å²) in [6, 6.07) is 0.463. The molecule has 1 atom stereocenters. The summed E-state index contributed by atoms with van der Waals surface area (Å²) in [7, 11) is 0. The lowest BCUT2D eigenvalue weighted by molar-refractivity contribution is 0.156. The predicted molar refractivity (Wildman–Crippen MR) is 59.9 cm³/mol. The first-order valence-electron chi connectivity index (χ1n) is 6.04. The number of nitrogens with one attached hydrogen (secondary N) is 1. The van der Waals surface area contributed by atoms with Gasteiger partial charge in [-0.2, -0.15) is 0 Å². The van der Waals surface area contributed by atoms with Gasteiger partial charge in [-0.3, -0.25) is 0 Å². The Hall–Kier alpha value is -0.770. The first kappa shape index (κ1) is 10.7. The quantitative estimate of drug-likeness (QED) is 0.752. The van der Waals surface area contributed by atoms with Crippen molar-refractivity contribution in [2.24, 2.45) is 0 Å². The summed E-state index contributed by atoms with van der Waals surface area (Å²) in [5.74, 6) is 0. The Balaban J connectivity index is 1.80. The van der Waals surface area contributed by atoms with Crippen LogP contribution in [0.25, 0.3) is 0 Å². The van der Waals surface area contributed by atoms with Crippen LogP contribution in [0.1, 0.15) is 26.2 Å². The molecule has 2 fully saturated rings. The van der Waals surface area contributed by atoms with E-state index < -0.39 is 0 Å². The maximum absolute atomic E-state index is 11.5. The smallest absolute Gasteiger partial charge is 0.317 e. The summed E-state index contributed by atoms with van der Waals surface area (Å²) in [6.45, 7) is 7.28. The number of hydrogen-bond donors (Lipinski definition) is 1. The highest BCUT2D eigenvalue weighted by Crippen LogP contribution is 2.12. The standard InChI is InChI=1S/C11H21N3O/c1-10(14-8-5-12-11(14)15)9-13-6-3-2-4-7-13/h10H,2-9H2,1H3,(H,12,15).